The summed E-state index contributed by atoms with van der Waals surface area (Å²) in [6.07, 6.45) is 1.14. The van der Waals surface area contributed by atoms with E-state index in [0.29, 0.717) is 0 Å². The first kappa shape index (κ1) is 12.0. The number of rotatable bonds is 3. The molecule has 18 heavy (non-hydrogen) atoms. The number of ketones is 1. The average Bonchev–Trinajstić information content (AvgIpc) is 2.81. The van der Waals surface area contributed by atoms with Gasteiger partial charge in [0.15, 0.2) is 17.4 Å². The Kier molecular flexibility index (Phi) is 2.93. The number of H-pyrrole nitrogens is 1. The summed E-state index contributed by atoms with van der Waals surface area (Å²) >= 11 is 0. The zero-order chi connectivity index (χ0) is 13.3. The van der Waals surface area contributed by atoms with Crippen LogP contribution in [-0.2, 0) is 0 Å². The van der Waals surface area contributed by atoms with Gasteiger partial charge in [0.1, 0.15) is 5.69 Å². The molecule has 0 aliphatic carbocycles. The van der Waals surface area contributed by atoms with Crippen molar-refractivity contribution in [2.75, 3.05) is 0 Å². The van der Waals surface area contributed by atoms with Gasteiger partial charge in [-0.25, -0.2) is 13.6 Å². The Balaban J connectivity index is 2.41. The maximum Gasteiger partial charge on any atom is 0.352 e. The maximum absolute atomic E-state index is 13.4. The van der Waals surface area contributed by atoms with E-state index >= 15 is 0 Å². The van der Waals surface area contributed by atoms with Gasteiger partial charge in [0, 0.05) is 11.8 Å². The van der Waals surface area contributed by atoms with Crippen LogP contribution in [0.3, 0.4) is 0 Å². The molecule has 4 nitrogen and oxygen atoms in total. The summed E-state index contributed by atoms with van der Waals surface area (Å²) in [5.41, 5.74) is -0.682. The molecule has 0 radical (unpaired) electrons. The predicted octanol–water partition coefficient (Wildman–Crippen LogP) is 2.22. The average molecular weight is 251 g/mol. The molecule has 2 aromatic rings. The Hall–Kier alpha value is -2.50. The molecule has 0 aliphatic heterocycles. The van der Waals surface area contributed by atoms with Crippen molar-refractivity contribution in [3.8, 4) is 0 Å². The molecule has 0 saturated heterocycles. The number of carboxylic acids is 1. The highest BCUT2D eigenvalue weighted by atomic mass is 19.2. The molecule has 0 spiro atoms. The van der Waals surface area contributed by atoms with Gasteiger partial charge in [-0.15, -0.1) is 0 Å². The van der Waals surface area contributed by atoms with Crippen LogP contribution in [0.2, 0.25) is 0 Å². The van der Waals surface area contributed by atoms with Crippen molar-refractivity contribution in [3.63, 3.8) is 0 Å². The minimum Gasteiger partial charge on any atom is -0.477 e. The predicted molar refractivity (Wildman–Crippen MR) is 57.5 cm³/mol. The molecule has 0 bridgehead atoms. The third-order valence-electron chi connectivity index (χ3n) is 2.37. The van der Waals surface area contributed by atoms with Crippen LogP contribution >= 0.6 is 0 Å². The fraction of sp³-hybridized carbons (Fsp3) is 0. The molecule has 2 N–H and O–H groups in total. The van der Waals surface area contributed by atoms with Crippen molar-refractivity contribution in [2.45, 2.75) is 0 Å². The SMILES string of the molecule is O=C(O)c1cc(C(=O)c2cccc(F)c2F)c[nH]1. The monoisotopic (exact) mass is 251 g/mol. The second kappa shape index (κ2) is 4.40. The first-order valence-corrected chi connectivity index (χ1v) is 4.91. The molecule has 0 saturated carbocycles. The van der Waals surface area contributed by atoms with Crippen molar-refractivity contribution >= 4 is 11.8 Å². The molecule has 1 aromatic carbocycles. The summed E-state index contributed by atoms with van der Waals surface area (Å²) in [5.74, 6) is -4.40. The van der Waals surface area contributed by atoms with Crippen LogP contribution in [0, 0.1) is 11.6 Å². The van der Waals surface area contributed by atoms with E-state index in [2.05, 4.69) is 4.98 Å². The Bertz CT molecular complexity index is 634. The summed E-state index contributed by atoms with van der Waals surface area (Å²) < 4.78 is 26.3. The normalized spacial score (nSPS) is 10.3. The summed E-state index contributed by atoms with van der Waals surface area (Å²) in [5, 5.41) is 8.67. The first-order chi connectivity index (χ1) is 8.50. The number of carbonyl (C=O) groups is 2. The van der Waals surface area contributed by atoms with Gasteiger partial charge >= 0.3 is 5.97 Å². The smallest absolute Gasteiger partial charge is 0.352 e. The van der Waals surface area contributed by atoms with Crippen LogP contribution in [0.5, 0.6) is 0 Å². The maximum atomic E-state index is 13.4. The van der Waals surface area contributed by atoms with Crippen LogP contribution < -0.4 is 0 Å². The van der Waals surface area contributed by atoms with Gasteiger partial charge in [0.05, 0.1) is 5.56 Å². The quantitative estimate of drug-likeness (QED) is 0.822. The number of benzene rings is 1. The highest BCUT2D eigenvalue weighted by Gasteiger charge is 2.19. The second-order valence-corrected chi connectivity index (χ2v) is 3.54. The van der Waals surface area contributed by atoms with E-state index in [0.717, 1.165) is 24.4 Å². The fourth-order valence-corrected chi connectivity index (χ4v) is 1.48. The Morgan fingerprint density at radius 3 is 2.56 bits per heavy atom. The summed E-state index contributed by atoms with van der Waals surface area (Å²) in [7, 11) is 0. The standard InChI is InChI=1S/C12H7F2NO3/c13-8-3-1-2-7(10(8)14)11(16)6-4-9(12(17)18)15-5-6/h1-5,15H,(H,17,18). The lowest BCUT2D eigenvalue weighted by atomic mass is 10.1. The molecule has 2 rings (SSSR count). The molecule has 92 valence electrons. The summed E-state index contributed by atoms with van der Waals surface area (Å²) in [6.45, 7) is 0. The van der Waals surface area contributed by atoms with Crippen LogP contribution in [0.15, 0.2) is 30.5 Å². The molecule has 0 aliphatic rings. The zero-order valence-electron chi connectivity index (χ0n) is 8.91. The van der Waals surface area contributed by atoms with Gasteiger partial charge in [-0.1, -0.05) is 6.07 Å². The molecular weight excluding hydrogens is 244 g/mol. The first-order valence-electron chi connectivity index (χ1n) is 4.91. The van der Waals surface area contributed by atoms with E-state index in [1.54, 1.807) is 0 Å². The zero-order valence-corrected chi connectivity index (χ0v) is 8.91. The van der Waals surface area contributed by atoms with E-state index in [9.17, 15) is 18.4 Å². The van der Waals surface area contributed by atoms with Crippen LogP contribution in [-0.4, -0.2) is 21.8 Å². The second-order valence-electron chi connectivity index (χ2n) is 3.54. The number of aromatic amines is 1. The number of carboxylic acid groups (broad SMARTS) is 1. The molecule has 0 amide bonds. The lowest BCUT2D eigenvalue weighted by Crippen LogP contribution is -2.04. The molecule has 0 atom stereocenters. The molecule has 0 fully saturated rings. The number of hydrogen-bond acceptors (Lipinski definition) is 2. The van der Waals surface area contributed by atoms with Gasteiger partial charge in [0.2, 0.25) is 0 Å². The number of carbonyl (C=O) groups excluding carboxylic acids is 1. The number of aromatic carboxylic acids is 1. The fourth-order valence-electron chi connectivity index (χ4n) is 1.48. The lowest BCUT2D eigenvalue weighted by molar-refractivity contribution is 0.0691. The lowest BCUT2D eigenvalue weighted by Gasteiger charge is -2.00. The Morgan fingerprint density at radius 1 is 1.22 bits per heavy atom. The number of nitrogens with one attached hydrogen (secondary N) is 1. The topological polar surface area (TPSA) is 70.2 Å². The summed E-state index contributed by atoms with van der Waals surface area (Å²) in [4.78, 5) is 24.8. The van der Waals surface area contributed by atoms with E-state index in [1.165, 1.54) is 6.07 Å². The van der Waals surface area contributed by atoms with Gasteiger partial charge in [0.25, 0.3) is 0 Å². The third kappa shape index (κ3) is 2.00. The van der Waals surface area contributed by atoms with Crippen LogP contribution in [0.25, 0.3) is 0 Å². The van der Waals surface area contributed by atoms with Gasteiger partial charge in [-0.05, 0) is 18.2 Å². The van der Waals surface area contributed by atoms with Crippen LogP contribution in [0.4, 0.5) is 8.78 Å². The summed E-state index contributed by atoms with van der Waals surface area (Å²) in [6, 6.07) is 4.30. The van der Waals surface area contributed by atoms with Crippen molar-refractivity contribution in [1.82, 2.24) is 4.98 Å². The number of halogens is 2. The highest BCUT2D eigenvalue weighted by Crippen LogP contribution is 2.16. The van der Waals surface area contributed by atoms with Gasteiger partial charge in [-0.3, -0.25) is 4.79 Å². The Labute approximate surface area is 99.9 Å². The van der Waals surface area contributed by atoms with Gasteiger partial charge in [-0.2, -0.15) is 0 Å². The minimum atomic E-state index is -1.25. The third-order valence-corrected chi connectivity index (χ3v) is 2.37. The molecule has 1 heterocycles. The van der Waals surface area contributed by atoms with Gasteiger partial charge < -0.3 is 10.1 Å². The molecule has 1 aromatic heterocycles. The van der Waals surface area contributed by atoms with Crippen molar-refractivity contribution in [3.05, 3.63) is 58.9 Å². The molecule has 6 heteroatoms. The van der Waals surface area contributed by atoms with E-state index < -0.39 is 29.0 Å². The Morgan fingerprint density at radius 2 is 1.94 bits per heavy atom. The van der Waals surface area contributed by atoms with Crippen LogP contribution in [0.1, 0.15) is 26.4 Å². The number of aromatic nitrogens is 1. The van der Waals surface area contributed by atoms with E-state index in [4.69, 9.17) is 5.11 Å². The van der Waals surface area contributed by atoms with Crippen molar-refractivity contribution < 1.29 is 23.5 Å². The van der Waals surface area contributed by atoms with Crippen molar-refractivity contribution in [2.24, 2.45) is 0 Å². The van der Waals surface area contributed by atoms with E-state index in [-0.39, 0.29) is 11.3 Å². The van der Waals surface area contributed by atoms with Crippen molar-refractivity contribution in [1.29, 1.82) is 0 Å². The highest BCUT2D eigenvalue weighted by molar-refractivity contribution is 6.10. The van der Waals surface area contributed by atoms with E-state index in [1.807, 2.05) is 0 Å². The molecule has 0 unspecified atom stereocenters. The minimum absolute atomic E-state index is 0.0445. The largest absolute Gasteiger partial charge is 0.477 e. The molecular formula is C12H7F2NO3. The number of hydrogen-bond donors (Lipinski definition) is 2.